The van der Waals surface area contributed by atoms with Crippen LogP contribution in [0.5, 0.6) is 5.75 Å². The number of nitrogens with one attached hydrogen (secondary N) is 1. The molecule has 0 heterocycles. The van der Waals surface area contributed by atoms with E-state index in [0.717, 1.165) is 11.3 Å². The smallest absolute Gasteiger partial charge is 0.261 e. The first-order chi connectivity index (χ1) is 8.10. The molecule has 0 bridgehead atoms. The van der Waals surface area contributed by atoms with Crippen LogP contribution in [0.25, 0.3) is 0 Å². The number of carbonyl (C=O) groups excluding carboxylic acids is 1. The number of amides is 1. The summed E-state index contributed by atoms with van der Waals surface area (Å²) in [5.74, 6) is 0.749. The zero-order valence-electron chi connectivity index (χ0n) is 11.0. The summed E-state index contributed by atoms with van der Waals surface area (Å²) in [5, 5.41) is 2.79. The van der Waals surface area contributed by atoms with Crippen LogP contribution in [0.3, 0.4) is 0 Å². The number of benzene rings is 1. The number of aryl methyl sites for hydroxylation is 1. The first kappa shape index (κ1) is 13.6. The van der Waals surface area contributed by atoms with Crippen LogP contribution in [0.15, 0.2) is 18.2 Å². The van der Waals surface area contributed by atoms with E-state index in [0.29, 0.717) is 13.0 Å². The van der Waals surface area contributed by atoms with Crippen molar-refractivity contribution in [1.29, 1.82) is 0 Å². The quantitative estimate of drug-likeness (QED) is 0.852. The van der Waals surface area contributed by atoms with Crippen molar-refractivity contribution in [2.45, 2.75) is 40.2 Å². The van der Waals surface area contributed by atoms with Gasteiger partial charge in [0.1, 0.15) is 5.75 Å². The van der Waals surface area contributed by atoms with E-state index in [1.165, 1.54) is 5.56 Å². The lowest BCUT2D eigenvalue weighted by Gasteiger charge is -2.18. The molecule has 0 unspecified atom stereocenters. The molecule has 0 spiro atoms. The zero-order valence-corrected chi connectivity index (χ0v) is 11.0. The second kappa shape index (κ2) is 6.28. The van der Waals surface area contributed by atoms with Gasteiger partial charge in [0.05, 0.1) is 0 Å². The van der Waals surface area contributed by atoms with Crippen molar-refractivity contribution in [3.05, 3.63) is 29.3 Å². The highest BCUT2D eigenvalue weighted by molar-refractivity contribution is 5.81. The van der Waals surface area contributed by atoms with Gasteiger partial charge in [0.25, 0.3) is 5.91 Å². The van der Waals surface area contributed by atoms with Gasteiger partial charge in [0.15, 0.2) is 6.10 Å². The van der Waals surface area contributed by atoms with E-state index in [4.69, 9.17) is 4.74 Å². The van der Waals surface area contributed by atoms with Crippen molar-refractivity contribution in [3.8, 4) is 5.75 Å². The topological polar surface area (TPSA) is 38.3 Å². The Hall–Kier alpha value is -1.51. The summed E-state index contributed by atoms with van der Waals surface area (Å²) in [7, 11) is 0. The molecule has 1 N–H and O–H groups in total. The van der Waals surface area contributed by atoms with Gasteiger partial charge in [0, 0.05) is 6.54 Å². The van der Waals surface area contributed by atoms with Crippen molar-refractivity contribution >= 4 is 5.91 Å². The van der Waals surface area contributed by atoms with Crippen molar-refractivity contribution in [3.63, 3.8) is 0 Å². The van der Waals surface area contributed by atoms with Crippen LogP contribution < -0.4 is 10.1 Å². The third kappa shape index (κ3) is 3.48. The Kier molecular flexibility index (Phi) is 5.01. The molecule has 0 radical (unpaired) electrons. The number of rotatable bonds is 5. The van der Waals surface area contributed by atoms with Crippen LogP contribution in [0.1, 0.15) is 31.4 Å². The minimum absolute atomic E-state index is 0.0455. The summed E-state index contributed by atoms with van der Waals surface area (Å²) >= 11 is 0. The molecule has 0 aliphatic rings. The van der Waals surface area contributed by atoms with Gasteiger partial charge in [0.2, 0.25) is 0 Å². The number of hydrogen-bond donors (Lipinski definition) is 1. The van der Waals surface area contributed by atoms with Crippen LogP contribution in [-0.4, -0.2) is 18.6 Å². The van der Waals surface area contributed by atoms with Gasteiger partial charge in [-0.1, -0.05) is 19.1 Å². The Morgan fingerprint density at radius 1 is 1.35 bits per heavy atom. The number of ether oxygens (including phenoxy) is 1. The molecule has 0 saturated carbocycles. The first-order valence-corrected chi connectivity index (χ1v) is 6.10. The van der Waals surface area contributed by atoms with Crippen LogP contribution in [-0.2, 0) is 4.79 Å². The normalized spacial score (nSPS) is 12.0. The molecule has 1 aromatic carbocycles. The van der Waals surface area contributed by atoms with Crippen molar-refractivity contribution in [2.75, 3.05) is 6.54 Å². The largest absolute Gasteiger partial charge is 0.480 e. The van der Waals surface area contributed by atoms with Gasteiger partial charge in [-0.2, -0.15) is 0 Å². The van der Waals surface area contributed by atoms with E-state index in [9.17, 15) is 4.79 Å². The van der Waals surface area contributed by atoms with E-state index in [1.807, 2.05) is 45.9 Å². The predicted octanol–water partition coefficient (Wildman–Crippen LogP) is 2.60. The van der Waals surface area contributed by atoms with Crippen LogP contribution >= 0.6 is 0 Å². The molecule has 1 atom stereocenters. The van der Waals surface area contributed by atoms with Gasteiger partial charge < -0.3 is 10.1 Å². The Balaban J connectivity index is 2.80. The number of likely N-dealkylation sites (N-methyl/N-ethyl adjacent to an activating group) is 1. The molecule has 94 valence electrons. The summed E-state index contributed by atoms with van der Waals surface area (Å²) in [4.78, 5) is 11.7. The molecular formula is C14H21NO2. The summed E-state index contributed by atoms with van der Waals surface area (Å²) < 4.78 is 5.78. The van der Waals surface area contributed by atoms with Crippen LogP contribution in [0, 0.1) is 13.8 Å². The lowest BCUT2D eigenvalue weighted by molar-refractivity contribution is -0.128. The molecule has 0 fully saturated rings. The summed E-state index contributed by atoms with van der Waals surface area (Å²) in [5.41, 5.74) is 2.27. The molecule has 0 aromatic heterocycles. The van der Waals surface area contributed by atoms with Crippen molar-refractivity contribution in [2.24, 2.45) is 0 Å². The second-order valence-electron chi connectivity index (χ2n) is 4.11. The van der Waals surface area contributed by atoms with Gasteiger partial charge in [-0.15, -0.1) is 0 Å². The van der Waals surface area contributed by atoms with Crippen molar-refractivity contribution in [1.82, 2.24) is 5.32 Å². The Labute approximate surface area is 103 Å². The van der Waals surface area contributed by atoms with Gasteiger partial charge in [-0.05, 0) is 44.4 Å². The molecule has 0 aliphatic carbocycles. The fourth-order valence-corrected chi connectivity index (χ4v) is 1.62. The zero-order chi connectivity index (χ0) is 12.8. The molecule has 3 nitrogen and oxygen atoms in total. The maximum absolute atomic E-state index is 11.7. The van der Waals surface area contributed by atoms with Gasteiger partial charge >= 0.3 is 0 Å². The predicted molar refractivity (Wildman–Crippen MR) is 69.3 cm³/mol. The average Bonchev–Trinajstić information content (AvgIpc) is 2.31. The maximum Gasteiger partial charge on any atom is 0.261 e. The Bertz CT molecular complexity index is 388. The van der Waals surface area contributed by atoms with Crippen molar-refractivity contribution < 1.29 is 9.53 Å². The molecular weight excluding hydrogens is 214 g/mol. The Morgan fingerprint density at radius 3 is 2.65 bits per heavy atom. The standard InChI is InChI=1S/C14H21NO2/c1-5-12(14(16)15-6-2)17-13-9-7-8-10(3)11(13)4/h7-9,12H,5-6H2,1-4H3,(H,15,16)/t12-/m0/s1. The lowest BCUT2D eigenvalue weighted by atomic mass is 10.1. The Morgan fingerprint density at radius 2 is 2.06 bits per heavy atom. The minimum Gasteiger partial charge on any atom is -0.480 e. The molecule has 17 heavy (non-hydrogen) atoms. The minimum atomic E-state index is -0.407. The monoisotopic (exact) mass is 235 g/mol. The fraction of sp³-hybridized carbons (Fsp3) is 0.500. The van der Waals surface area contributed by atoms with Gasteiger partial charge in [-0.3, -0.25) is 4.79 Å². The van der Waals surface area contributed by atoms with Crippen LogP contribution in [0.4, 0.5) is 0 Å². The number of carbonyl (C=O) groups is 1. The van der Waals surface area contributed by atoms with Crippen LogP contribution in [0.2, 0.25) is 0 Å². The first-order valence-electron chi connectivity index (χ1n) is 6.10. The highest BCUT2D eigenvalue weighted by atomic mass is 16.5. The number of hydrogen-bond acceptors (Lipinski definition) is 2. The average molecular weight is 235 g/mol. The molecule has 1 aromatic rings. The molecule has 1 amide bonds. The molecule has 0 saturated heterocycles. The maximum atomic E-state index is 11.7. The molecule has 1 rings (SSSR count). The van der Waals surface area contributed by atoms with E-state index >= 15 is 0 Å². The molecule has 3 heteroatoms. The summed E-state index contributed by atoms with van der Waals surface area (Å²) in [6, 6.07) is 5.89. The summed E-state index contributed by atoms with van der Waals surface area (Å²) in [6.45, 7) is 8.53. The summed E-state index contributed by atoms with van der Waals surface area (Å²) in [6.07, 6.45) is 0.259. The third-order valence-corrected chi connectivity index (χ3v) is 2.84. The van der Waals surface area contributed by atoms with E-state index in [-0.39, 0.29) is 5.91 Å². The van der Waals surface area contributed by atoms with E-state index in [1.54, 1.807) is 0 Å². The highest BCUT2D eigenvalue weighted by Gasteiger charge is 2.18. The third-order valence-electron chi connectivity index (χ3n) is 2.84. The molecule has 0 aliphatic heterocycles. The van der Waals surface area contributed by atoms with E-state index < -0.39 is 6.10 Å². The second-order valence-corrected chi connectivity index (χ2v) is 4.11. The lowest BCUT2D eigenvalue weighted by Crippen LogP contribution is -2.37. The SMILES string of the molecule is CCNC(=O)[C@H](CC)Oc1cccc(C)c1C. The fourth-order valence-electron chi connectivity index (χ4n) is 1.62. The highest BCUT2D eigenvalue weighted by Crippen LogP contribution is 2.22. The van der Waals surface area contributed by atoms with Gasteiger partial charge in [-0.25, -0.2) is 0 Å². The van der Waals surface area contributed by atoms with E-state index in [2.05, 4.69) is 5.32 Å².